The first-order valence-corrected chi connectivity index (χ1v) is 4.04. The summed E-state index contributed by atoms with van der Waals surface area (Å²) in [5, 5.41) is 5.31. The highest BCUT2D eigenvalue weighted by molar-refractivity contribution is 5.89. The number of hydrogen-bond acceptors (Lipinski definition) is 4. The molecular weight excluding hydrogens is 174 g/mol. The van der Waals surface area contributed by atoms with Crippen molar-refractivity contribution in [2.24, 2.45) is 0 Å². The summed E-state index contributed by atoms with van der Waals surface area (Å²) in [5.41, 5.74) is 2.16. The van der Waals surface area contributed by atoms with Crippen LogP contribution in [0.4, 0.5) is 0 Å². The molecule has 1 unspecified atom stereocenters. The molecule has 6 nitrogen and oxygen atoms in total. The van der Waals surface area contributed by atoms with Crippen molar-refractivity contribution in [3.8, 4) is 0 Å². The number of hydroxylamine groups is 1. The van der Waals surface area contributed by atoms with Crippen LogP contribution < -0.4 is 16.1 Å². The first-order chi connectivity index (χ1) is 6.15. The third-order valence-electron chi connectivity index (χ3n) is 1.88. The van der Waals surface area contributed by atoms with Crippen LogP contribution in [-0.2, 0) is 14.4 Å². The van der Waals surface area contributed by atoms with Crippen molar-refractivity contribution in [1.82, 2.24) is 16.1 Å². The van der Waals surface area contributed by atoms with Gasteiger partial charge in [0.15, 0.2) is 0 Å². The van der Waals surface area contributed by atoms with E-state index in [4.69, 9.17) is 0 Å². The zero-order chi connectivity index (χ0) is 9.84. The van der Waals surface area contributed by atoms with E-state index in [1.165, 1.54) is 0 Å². The highest BCUT2D eigenvalue weighted by Gasteiger charge is 2.28. The molecule has 1 heterocycles. The molecule has 13 heavy (non-hydrogen) atoms. The Morgan fingerprint density at radius 2 is 2.46 bits per heavy atom. The molecule has 0 spiro atoms. The Hall–Kier alpha value is -1.14. The summed E-state index contributed by atoms with van der Waals surface area (Å²) in [7, 11) is 1.68. The minimum atomic E-state index is -0.566. The van der Waals surface area contributed by atoms with Crippen molar-refractivity contribution in [3.05, 3.63) is 0 Å². The molecule has 2 atom stereocenters. The molecular formula is C7H13N3O3. The van der Waals surface area contributed by atoms with Gasteiger partial charge in [0.25, 0.3) is 5.91 Å². The lowest BCUT2D eigenvalue weighted by Gasteiger charge is -2.12. The molecule has 1 fully saturated rings. The summed E-state index contributed by atoms with van der Waals surface area (Å²) >= 11 is 0. The van der Waals surface area contributed by atoms with Crippen LogP contribution in [0.25, 0.3) is 0 Å². The van der Waals surface area contributed by atoms with Crippen LogP contribution in [0.15, 0.2) is 0 Å². The lowest BCUT2D eigenvalue weighted by Crippen LogP contribution is -2.48. The second kappa shape index (κ2) is 4.20. The third kappa shape index (κ3) is 2.40. The van der Waals surface area contributed by atoms with E-state index in [-0.39, 0.29) is 24.5 Å². The van der Waals surface area contributed by atoms with Gasteiger partial charge >= 0.3 is 0 Å². The van der Waals surface area contributed by atoms with Gasteiger partial charge < -0.3 is 10.6 Å². The molecule has 1 aliphatic heterocycles. The number of carbonyl (C=O) groups is 2. The summed E-state index contributed by atoms with van der Waals surface area (Å²) in [5.74, 6) is -0.523. The molecule has 0 aromatic heterocycles. The molecule has 0 aromatic carbocycles. The van der Waals surface area contributed by atoms with Crippen molar-refractivity contribution in [3.63, 3.8) is 0 Å². The first-order valence-electron chi connectivity index (χ1n) is 4.04. The Kier molecular flexibility index (Phi) is 3.21. The van der Waals surface area contributed by atoms with Gasteiger partial charge in [-0.1, -0.05) is 0 Å². The van der Waals surface area contributed by atoms with E-state index in [2.05, 4.69) is 21.0 Å². The molecule has 0 bridgehead atoms. The molecule has 0 aromatic rings. The third-order valence-corrected chi connectivity index (χ3v) is 1.88. The maximum absolute atomic E-state index is 11.3. The van der Waals surface area contributed by atoms with Crippen molar-refractivity contribution in [2.45, 2.75) is 19.0 Å². The van der Waals surface area contributed by atoms with Crippen LogP contribution in [0.5, 0.6) is 0 Å². The van der Waals surface area contributed by atoms with Crippen LogP contribution in [0, 0.1) is 0 Å². The lowest BCUT2D eigenvalue weighted by molar-refractivity contribution is -0.129. The minimum Gasteiger partial charge on any atom is -0.341 e. The smallest absolute Gasteiger partial charge is 0.268 e. The predicted molar refractivity (Wildman–Crippen MR) is 44.5 cm³/mol. The van der Waals surface area contributed by atoms with Gasteiger partial charge in [0, 0.05) is 0 Å². The average molecular weight is 187 g/mol. The molecule has 0 aliphatic carbocycles. The zero-order valence-electron chi connectivity index (χ0n) is 7.59. The van der Waals surface area contributed by atoms with Gasteiger partial charge in [0.05, 0.1) is 6.04 Å². The van der Waals surface area contributed by atoms with Gasteiger partial charge in [-0.3, -0.25) is 14.4 Å². The summed E-state index contributed by atoms with van der Waals surface area (Å²) in [6.07, 6.45) is 0. The Bertz CT molecular complexity index is 219. The SMILES string of the molecule is CNC(C)C(=O)N[C@@H]1CONC1=O. The number of likely N-dealkylation sites (N-methyl/N-ethyl adjacent to an activating group) is 1. The Balaban J connectivity index is 2.39. The molecule has 0 saturated carbocycles. The van der Waals surface area contributed by atoms with E-state index in [9.17, 15) is 9.59 Å². The fraction of sp³-hybridized carbons (Fsp3) is 0.714. The topological polar surface area (TPSA) is 79.5 Å². The number of amides is 2. The Morgan fingerprint density at radius 3 is 2.92 bits per heavy atom. The molecule has 74 valence electrons. The normalized spacial score (nSPS) is 23.8. The van der Waals surface area contributed by atoms with Crippen molar-refractivity contribution in [1.29, 1.82) is 0 Å². The second-order valence-corrected chi connectivity index (χ2v) is 2.85. The lowest BCUT2D eigenvalue weighted by atomic mass is 10.2. The highest BCUT2D eigenvalue weighted by atomic mass is 16.7. The average Bonchev–Trinajstić information content (AvgIpc) is 2.50. The molecule has 1 saturated heterocycles. The van der Waals surface area contributed by atoms with Gasteiger partial charge in [-0.2, -0.15) is 0 Å². The minimum absolute atomic E-state index is 0.182. The van der Waals surface area contributed by atoms with E-state index >= 15 is 0 Å². The zero-order valence-corrected chi connectivity index (χ0v) is 7.59. The van der Waals surface area contributed by atoms with Crippen molar-refractivity contribution in [2.75, 3.05) is 13.7 Å². The summed E-state index contributed by atoms with van der Waals surface area (Å²) in [6.45, 7) is 1.89. The van der Waals surface area contributed by atoms with E-state index in [0.717, 1.165) is 0 Å². The highest BCUT2D eigenvalue weighted by Crippen LogP contribution is 1.94. The maximum Gasteiger partial charge on any atom is 0.268 e. The molecule has 1 rings (SSSR count). The van der Waals surface area contributed by atoms with Gasteiger partial charge in [-0.25, -0.2) is 5.48 Å². The van der Waals surface area contributed by atoms with E-state index in [1.54, 1.807) is 14.0 Å². The van der Waals surface area contributed by atoms with Gasteiger partial charge in [0.2, 0.25) is 5.91 Å². The summed E-state index contributed by atoms with van der Waals surface area (Å²) in [6, 6.07) is -0.878. The Labute approximate surface area is 76.0 Å². The molecule has 6 heteroatoms. The number of carbonyl (C=O) groups excluding carboxylic acids is 2. The van der Waals surface area contributed by atoms with E-state index in [0.29, 0.717) is 0 Å². The van der Waals surface area contributed by atoms with E-state index in [1.807, 2.05) is 0 Å². The standard InChI is InChI=1S/C7H13N3O3/c1-4(8-2)6(11)9-5-3-13-10-7(5)12/h4-5,8H,3H2,1-2H3,(H,9,11)(H,10,12)/t4?,5-/m1/s1. The van der Waals surface area contributed by atoms with Crippen LogP contribution in [-0.4, -0.2) is 37.6 Å². The summed E-state index contributed by atoms with van der Waals surface area (Å²) in [4.78, 5) is 26.9. The molecule has 3 N–H and O–H groups in total. The second-order valence-electron chi connectivity index (χ2n) is 2.85. The van der Waals surface area contributed by atoms with Crippen LogP contribution in [0.2, 0.25) is 0 Å². The largest absolute Gasteiger partial charge is 0.341 e. The Morgan fingerprint density at radius 1 is 1.77 bits per heavy atom. The van der Waals surface area contributed by atoms with Crippen molar-refractivity contribution < 1.29 is 14.4 Å². The van der Waals surface area contributed by atoms with Crippen LogP contribution in [0.1, 0.15) is 6.92 Å². The van der Waals surface area contributed by atoms with Gasteiger partial charge in [-0.15, -0.1) is 0 Å². The number of nitrogens with one attached hydrogen (secondary N) is 3. The maximum atomic E-state index is 11.3. The molecule has 0 radical (unpaired) electrons. The predicted octanol–water partition coefficient (Wildman–Crippen LogP) is -1.86. The van der Waals surface area contributed by atoms with E-state index < -0.39 is 6.04 Å². The summed E-state index contributed by atoms with van der Waals surface area (Å²) < 4.78 is 0. The molecule has 1 aliphatic rings. The van der Waals surface area contributed by atoms with Gasteiger partial charge in [0.1, 0.15) is 12.6 Å². The monoisotopic (exact) mass is 187 g/mol. The number of hydrogen-bond donors (Lipinski definition) is 3. The first kappa shape index (κ1) is 9.94. The fourth-order valence-electron chi connectivity index (χ4n) is 0.878. The fourth-order valence-corrected chi connectivity index (χ4v) is 0.878. The quantitative estimate of drug-likeness (QED) is 0.484. The molecule has 2 amide bonds. The number of rotatable bonds is 3. The van der Waals surface area contributed by atoms with Crippen LogP contribution >= 0.6 is 0 Å². The van der Waals surface area contributed by atoms with Crippen LogP contribution in [0.3, 0.4) is 0 Å². The van der Waals surface area contributed by atoms with Crippen molar-refractivity contribution >= 4 is 11.8 Å². The van der Waals surface area contributed by atoms with Gasteiger partial charge in [-0.05, 0) is 14.0 Å².